The Labute approximate surface area is 140 Å². The van der Waals surface area contributed by atoms with Crippen molar-refractivity contribution >= 4 is 7.74 Å². The zero-order chi connectivity index (χ0) is 16.3. The molecule has 0 aliphatic rings. The van der Waals surface area contributed by atoms with E-state index in [1.165, 1.54) is 18.9 Å². The van der Waals surface area contributed by atoms with Gasteiger partial charge in [-0.25, -0.2) is 0 Å². The minimum absolute atomic E-state index is 0.481. The number of benzene rings is 2. The number of hydrogen-bond donors (Lipinski definition) is 1. The van der Waals surface area contributed by atoms with Gasteiger partial charge in [0.25, 0.3) is 0 Å². The van der Waals surface area contributed by atoms with Gasteiger partial charge in [0.05, 0.1) is 0 Å². The van der Waals surface area contributed by atoms with Crippen LogP contribution in [-0.2, 0) is 18.1 Å². The average Bonchev–Trinajstić information content (AvgIpc) is 2.53. The van der Waals surface area contributed by atoms with E-state index >= 15 is 0 Å². The van der Waals surface area contributed by atoms with Crippen LogP contribution in [-0.4, -0.2) is 7.11 Å². The fourth-order valence-electron chi connectivity index (χ4n) is 2.86. The standard InChI is InChI=1S/C12H17.C7H7O.H2N.Ti/c1-9(2)11-6-5-7-12(8-11)10(3)4;1-8-7-5-3-2-4-6-7;;/h5-7,9-10H,1-4H3;2-5H,1H3;1H2;/q;;-1;+1. The van der Waals surface area contributed by atoms with E-state index in [0.717, 1.165) is 5.75 Å². The predicted octanol–water partition coefficient (Wildman–Crippen LogP) is 3.38. The molecule has 0 saturated heterocycles. The van der Waals surface area contributed by atoms with Crippen molar-refractivity contribution in [3.63, 3.8) is 0 Å². The predicted molar refractivity (Wildman–Crippen MR) is 91.1 cm³/mol. The molecule has 0 atom stereocenters. The first-order valence-corrected chi connectivity index (χ1v) is 10.3. The molecule has 2 aromatic rings. The molecule has 2 aromatic carbocycles. The van der Waals surface area contributed by atoms with Crippen molar-refractivity contribution in [1.82, 2.24) is 0 Å². The zero-order valence-electron chi connectivity index (χ0n) is 14.2. The molecule has 3 heteroatoms. The summed E-state index contributed by atoms with van der Waals surface area (Å²) < 4.78 is 15.0. The Morgan fingerprint density at radius 2 is 1.41 bits per heavy atom. The Hall–Kier alpha value is -1.09. The van der Waals surface area contributed by atoms with Gasteiger partial charge in [0, 0.05) is 0 Å². The fourth-order valence-corrected chi connectivity index (χ4v) is 6.55. The molecule has 0 aliphatic carbocycles. The molecular formula is C19H26NOTi. The van der Waals surface area contributed by atoms with Crippen LogP contribution in [0.1, 0.15) is 50.7 Å². The Kier molecular flexibility index (Phi) is 5.85. The monoisotopic (exact) mass is 332 g/mol. The van der Waals surface area contributed by atoms with Crippen molar-refractivity contribution in [2.75, 3.05) is 7.11 Å². The molecule has 22 heavy (non-hydrogen) atoms. The first-order valence-electron chi connectivity index (χ1n) is 7.86. The molecule has 0 heterocycles. The van der Waals surface area contributed by atoms with Gasteiger partial charge >= 0.3 is 141 Å². The third kappa shape index (κ3) is 3.46. The van der Waals surface area contributed by atoms with Crippen molar-refractivity contribution in [1.29, 1.82) is 0 Å². The summed E-state index contributed by atoms with van der Waals surface area (Å²) >= 11 is -2.12. The molecule has 0 aliphatic heterocycles. The van der Waals surface area contributed by atoms with E-state index in [4.69, 9.17) is 8.95 Å². The van der Waals surface area contributed by atoms with Gasteiger partial charge in [-0.2, -0.15) is 0 Å². The molecule has 0 aromatic heterocycles. The normalized spacial score (nSPS) is 11.1. The van der Waals surface area contributed by atoms with Gasteiger partial charge in [-0.3, -0.25) is 0 Å². The number of nitrogens with two attached hydrogens (primary N) is 1. The Morgan fingerprint density at radius 3 is 1.91 bits per heavy atom. The zero-order valence-corrected chi connectivity index (χ0v) is 15.7. The second kappa shape index (κ2) is 7.45. The molecular weight excluding hydrogens is 306 g/mol. The third-order valence-electron chi connectivity index (χ3n) is 4.04. The van der Waals surface area contributed by atoms with Gasteiger partial charge in [0.15, 0.2) is 0 Å². The number of hydrogen-bond acceptors (Lipinski definition) is 2. The second-order valence-corrected chi connectivity index (χ2v) is 9.15. The van der Waals surface area contributed by atoms with Gasteiger partial charge in [-0.1, -0.05) is 0 Å². The maximum absolute atomic E-state index is 6.86. The summed E-state index contributed by atoms with van der Waals surface area (Å²) in [5.74, 6) is 1.89. The number of ether oxygens (including phenoxy) is 1. The van der Waals surface area contributed by atoms with E-state index in [9.17, 15) is 0 Å². The van der Waals surface area contributed by atoms with E-state index in [-0.39, 0.29) is 0 Å². The van der Waals surface area contributed by atoms with E-state index in [1.54, 1.807) is 7.11 Å². The Balaban J connectivity index is 2.64. The number of rotatable bonds is 5. The first kappa shape index (κ1) is 17.3. The van der Waals surface area contributed by atoms with Crippen molar-refractivity contribution < 1.29 is 22.9 Å². The van der Waals surface area contributed by atoms with Crippen LogP contribution in [0.2, 0.25) is 0 Å². The van der Waals surface area contributed by atoms with Gasteiger partial charge in [0.1, 0.15) is 0 Å². The van der Waals surface area contributed by atoms with Gasteiger partial charge in [-0.15, -0.1) is 0 Å². The van der Waals surface area contributed by atoms with Crippen LogP contribution in [0.4, 0.5) is 0 Å². The molecule has 0 radical (unpaired) electrons. The quantitative estimate of drug-likeness (QED) is 0.852. The van der Waals surface area contributed by atoms with Gasteiger partial charge < -0.3 is 0 Å². The van der Waals surface area contributed by atoms with E-state index < -0.39 is 18.1 Å². The molecule has 117 valence electrons. The Morgan fingerprint density at radius 1 is 0.864 bits per heavy atom. The summed E-state index contributed by atoms with van der Waals surface area (Å²) in [6.45, 7) is 8.99. The second-order valence-electron chi connectivity index (χ2n) is 6.23. The van der Waals surface area contributed by atoms with Gasteiger partial charge in [-0.05, 0) is 0 Å². The summed E-state index contributed by atoms with van der Waals surface area (Å²) in [6.07, 6.45) is 0. The summed E-state index contributed by atoms with van der Waals surface area (Å²) in [6, 6.07) is 14.9. The first-order chi connectivity index (χ1) is 10.5. The molecule has 2 N–H and O–H groups in total. The van der Waals surface area contributed by atoms with Gasteiger partial charge in [0.2, 0.25) is 0 Å². The molecule has 0 bridgehead atoms. The molecule has 2 nitrogen and oxygen atoms in total. The molecule has 2 rings (SSSR count). The summed E-state index contributed by atoms with van der Waals surface area (Å²) in [4.78, 5) is 0. The maximum atomic E-state index is 6.86. The molecule has 0 unspecified atom stereocenters. The molecule has 0 fully saturated rings. The van der Waals surface area contributed by atoms with Crippen molar-refractivity contribution in [2.45, 2.75) is 39.5 Å². The minimum atomic E-state index is -2.12. The SMILES string of the molecule is COc1cccc[c]1[Ti]([NH2])[c]1c(C(C)C)cccc1C(C)C. The van der Waals surface area contributed by atoms with Crippen LogP contribution in [0.3, 0.4) is 0 Å². The Bertz CT molecular complexity index is 611. The third-order valence-corrected chi connectivity index (χ3v) is 7.33. The number of methoxy groups -OCH3 is 1. The van der Waals surface area contributed by atoms with Crippen LogP contribution in [0.5, 0.6) is 5.75 Å². The van der Waals surface area contributed by atoms with Crippen LogP contribution in [0, 0.1) is 0 Å². The molecule has 0 amide bonds. The van der Waals surface area contributed by atoms with Crippen molar-refractivity contribution in [3.8, 4) is 5.75 Å². The van der Waals surface area contributed by atoms with Crippen molar-refractivity contribution in [3.05, 3.63) is 53.6 Å². The average molecular weight is 332 g/mol. The van der Waals surface area contributed by atoms with E-state index in [0.29, 0.717) is 11.8 Å². The molecule has 0 saturated carbocycles. The van der Waals surface area contributed by atoms with Crippen LogP contribution in [0.15, 0.2) is 42.5 Å². The molecule has 0 spiro atoms. The van der Waals surface area contributed by atoms with Crippen LogP contribution < -0.4 is 16.7 Å². The van der Waals surface area contributed by atoms with E-state index in [2.05, 4.69) is 58.0 Å². The van der Waals surface area contributed by atoms with E-state index in [1.807, 2.05) is 12.1 Å². The van der Waals surface area contributed by atoms with Crippen LogP contribution in [0.25, 0.3) is 0 Å². The van der Waals surface area contributed by atoms with Crippen LogP contribution >= 0.6 is 0 Å². The number of para-hydroxylation sites is 1. The topological polar surface area (TPSA) is 35.2 Å². The summed E-state index contributed by atoms with van der Waals surface area (Å²) in [5.41, 5.74) is 2.80. The summed E-state index contributed by atoms with van der Waals surface area (Å²) in [5, 5.41) is 0. The fraction of sp³-hybridized carbons (Fsp3) is 0.368. The van der Waals surface area contributed by atoms with Crippen molar-refractivity contribution in [2.24, 2.45) is 4.22 Å². The summed E-state index contributed by atoms with van der Waals surface area (Å²) in [7, 11) is 1.72.